The predicted molar refractivity (Wildman–Crippen MR) is 174 cm³/mol. The Hall–Kier alpha value is -5.01. The summed E-state index contributed by atoms with van der Waals surface area (Å²) in [6, 6.07) is 45.0. The molecule has 0 unspecified atom stereocenters. The van der Waals surface area contributed by atoms with Gasteiger partial charge in [0.05, 0.1) is 5.69 Å². The second kappa shape index (κ2) is 8.02. The number of aromatic nitrogens is 1. The Kier molecular flexibility index (Phi) is 4.45. The van der Waals surface area contributed by atoms with Crippen molar-refractivity contribution in [3.8, 4) is 33.5 Å². The molecule has 8 aromatic rings. The fourth-order valence-electron chi connectivity index (χ4n) is 7.39. The van der Waals surface area contributed by atoms with Crippen molar-refractivity contribution >= 4 is 43.1 Å². The van der Waals surface area contributed by atoms with Gasteiger partial charge in [-0.2, -0.15) is 0 Å². The summed E-state index contributed by atoms with van der Waals surface area (Å²) in [5.74, 6) is 0. The Labute approximate surface area is 239 Å². The van der Waals surface area contributed by atoms with Crippen molar-refractivity contribution in [1.29, 1.82) is 0 Å². The molecule has 1 aliphatic rings. The molecule has 0 saturated carbocycles. The van der Waals surface area contributed by atoms with Crippen LogP contribution in [0.2, 0.25) is 0 Å². The van der Waals surface area contributed by atoms with Crippen LogP contribution in [-0.4, -0.2) is 4.98 Å². The van der Waals surface area contributed by atoms with E-state index in [1.165, 1.54) is 82.0 Å². The molecular weight excluding hydrogens is 494 g/mol. The average molecular weight is 522 g/mol. The molecular formula is C40H27N. The lowest BCUT2D eigenvalue weighted by Gasteiger charge is -2.23. The molecule has 0 radical (unpaired) electrons. The van der Waals surface area contributed by atoms with Crippen molar-refractivity contribution < 1.29 is 0 Å². The molecule has 1 heteroatoms. The molecule has 192 valence electrons. The summed E-state index contributed by atoms with van der Waals surface area (Å²) >= 11 is 0. The van der Waals surface area contributed by atoms with Crippen molar-refractivity contribution in [3.63, 3.8) is 0 Å². The summed E-state index contributed by atoms with van der Waals surface area (Å²) in [7, 11) is 0. The van der Waals surface area contributed by atoms with Crippen LogP contribution in [0.1, 0.15) is 25.0 Å². The summed E-state index contributed by atoms with van der Waals surface area (Å²) in [4.78, 5) is 4.82. The van der Waals surface area contributed by atoms with Crippen molar-refractivity contribution in [1.82, 2.24) is 4.98 Å². The first kappa shape index (κ1) is 22.8. The summed E-state index contributed by atoms with van der Waals surface area (Å²) in [6.45, 7) is 4.73. The standard InChI is InChI=1S/C40H27N/c1-40(2)35-22-28(30-16-12-27-11-10-25-7-5-8-26-13-19-34(30)38(27)37(25)26)14-17-32(35)33-18-15-29(23-36(33)40)39-31-9-4-3-6-24(31)20-21-41-39/h3-23H,1-2H3. The molecule has 0 spiro atoms. The zero-order valence-electron chi connectivity index (χ0n) is 23.1. The number of nitrogens with zero attached hydrogens (tertiary/aromatic N) is 1. The van der Waals surface area contributed by atoms with E-state index in [4.69, 9.17) is 4.98 Å². The van der Waals surface area contributed by atoms with Gasteiger partial charge in [-0.05, 0) is 89.3 Å². The Bertz CT molecular complexity index is 2320. The lowest BCUT2D eigenvalue weighted by atomic mass is 9.80. The molecule has 0 fully saturated rings. The normalized spacial score (nSPS) is 13.8. The fourth-order valence-corrected chi connectivity index (χ4v) is 7.39. The molecule has 1 aliphatic carbocycles. The number of hydrogen-bond acceptors (Lipinski definition) is 1. The molecule has 0 atom stereocenters. The quantitative estimate of drug-likeness (QED) is 0.206. The van der Waals surface area contributed by atoms with Crippen LogP contribution in [0.5, 0.6) is 0 Å². The number of fused-ring (bicyclic) bond motifs is 4. The van der Waals surface area contributed by atoms with Gasteiger partial charge in [0.1, 0.15) is 0 Å². The van der Waals surface area contributed by atoms with E-state index in [0.717, 1.165) is 5.69 Å². The molecule has 1 heterocycles. The van der Waals surface area contributed by atoms with E-state index >= 15 is 0 Å². The molecule has 9 rings (SSSR count). The van der Waals surface area contributed by atoms with E-state index in [9.17, 15) is 0 Å². The summed E-state index contributed by atoms with van der Waals surface area (Å²) in [5.41, 5.74) is 10.1. The Morgan fingerprint density at radius 3 is 1.88 bits per heavy atom. The van der Waals surface area contributed by atoms with Gasteiger partial charge >= 0.3 is 0 Å². The van der Waals surface area contributed by atoms with E-state index in [1.807, 2.05) is 6.20 Å². The van der Waals surface area contributed by atoms with E-state index in [0.29, 0.717) is 0 Å². The molecule has 1 aromatic heterocycles. The van der Waals surface area contributed by atoms with Gasteiger partial charge in [0, 0.05) is 22.6 Å². The van der Waals surface area contributed by atoms with Gasteiger partial charge in [-0.15, -0.1) is 0 Å². The minimum atomic E-state index is -0.120. The highest BCUT2D eigenvalue weighted by Crippen LogP contribution is 2.51. The van der Waals surface area contributed by atoms with Crippen LogP contribution in [0.3, 0.4) is 0 Å². The van der Waals surface area contributed by atoms with Crippen LogP contribution in [0, 0.1) is 0 Å². The van der Waals surface area contributed by atoms with Crippen LogP contribution < -0.4 is 0 Å². The highest BCUT2D eigenvalue weighted by atomic mass is 14.7. The molecule has 0 bridgehead atoms. The Morgan fingerprint density at radius 2 is 1.07 bits per heavy atom. The van der Waals surface area contributed by atoms with Crippen molar-refractivity contribution in [2.45, 2.75) is 19.3 Å². The summed E-state index contributed by atoms with van der Waals surface area (Å²) in [6.07, 6.45) is 1.92. The van der Waals surface area contributed by atoms with E-state index < -0.39 is 0 Å². The van der Waals surface area contributed by atoms with Crippen LogP contribution in [0.4, 0.5) is 0 Å². The maximum Gasteiger partial charge on any atom is 0.0780 e. The first-order valence-electron chi connectivity index (χ1n) is 14.4. The highest BCUT2D eigenvalue weighted by molar-refractivity contribution is 6.25. The van der Waals surface area contributed by atoms with Crippen molar-refractivity contribution in [2.75, 3.05) is 0 Å². The van der Waals surface area contributed by atoms with E-state index in [-0.39, 0.29) is 5.41 Å². The third-order valence-corrected chi connectivity index (χ3v) is 9.46. The lowest BCUT2D eigenvalue weighted by molar-refractivity contribution is 0.661. The fraction of sp³-hybridized carbons (Fsp3) is 0.0750. The topological polar surface area (TPSA) is 12.9 Å². The Morgan fingerprint density at radius 1 is 0.463 bits per heavy atom. The van der Waals surface area contributed by atoms with E-state index in [1.54, 1.807) is 0 Å². The molecule has 0 aliphatic heterocycles. The molecule has 41 heavy (non-hydrogen) atoms. The first-order valence-corrected chi connectivity index (χ1v) is 14.4. The van der Waals surface area contributed by atoms with Crippen LogP contribution in [-0.2, 0) is 5.41 Å². The van der Waals surface area contributed by atoms with Gasteiger partial charge in [0.15, 0.2) is 0 Å². The van der Waals surface area contributed by atoms with Gasteiger partial charge in [-0.3, -0.25) is 4.98 Å². The average Bonchev–Trinajstić information content (AvgIpc) is 3.24. The zero-order valence-corrected chi connectivity index (χ0v) is 23.1. The summed E-state index contributed by atoms with van der Waals surface area (Å²) < 4.78 is 0. The predicted octanol–water partition coefficient (Wildman–Crippen LogP) is 10.8. The van der Waals surface area contributed by atoms with Crippen molar-refractivity contribution in [3.05, 3.63) is 139 Å². The lowest BCUT2D eigenvalue weighted by Crippen LogP contribution is -2.15. The molecule has 7 aromatic carbocycles. The van der Waals surface area contributed by atoms with Gasteiger partial charge in [-0.25, -0.2) is 0 Å². The third kappa shape index (κ3) is 3.09. The van der Waals surface area contributed by atoms with Gasteiger partial charge < -0.3 is 0 Å². The van der Waals surface area contributed by atoms with Crippen LogP contribution in [0.25, 0.3) is 76.6 Å². The summed E-state index contributed by atoms with van der Waals surface area (Å²) in [5, 5.41) is 10.4. The maximum atomic E-state index is 4.82. The second-order valence-corrected chi connectivity index (χ2v) is 12.0. The highest BCUT2D eigenvalue weighted by Gasteiger charge is 2.36. The van der Waals surface area contributed by atoms with Crippen LogP contribution in [0.15, 0.2) is 128 Å². The van der Waals surface area contributed by atoms with Gasteiger partial charge in [-0.1, -0.05) is 117 Å². The number of rotatable bonds is 2. The number of pyridine rings is 1. The number of hydrogen-bond donors (Lipinski definition) is 0. The van der Waals surface area contributed by atoms with Crippen molar-refractivity contribution in [2.24, 2.45) is 0 Å². The smallest absolute Gasteiger partial charge is 0.0780 e. The van der Waals surface area contributed by atoms with Crippen LogP contribution >= 0.6 is 0 Å². The second-order valence-electron chi connectivity index (χ2n) is 12.0. The number of benzene rings is 7. The first-order chi connectivity index (χ1) is 20.1. The zero-order chi connectivity index (χ0) is 27.3. The Balaban J connectivity index is 1.21. The van der Waals surface area contributed by atoms with Gasteiger partial charge in [0.2, 0.25) is 0 Å². The minimum Gasteiger partial charge on any atom is -0.256 e. The molecule has 0 N–H and O–H groups in total. The maximum absolute atomic E-state index is 4.82. The van der Waals surface area contributed by atoms with Gasteiger partial charge in [0.25, 0.3) is 0 Å². The monoisotopic (exact) mass is 521 g/mol. The minimum absolute atomic E-state index is 0.120. The molecule has 0 saturated heterocycles. The molecule has 0 amide bonds. The SMILES string of the molecule is CC1(C)c2cc(-c3nccc4ccccc34)ccc2-c2ccc(-c3ccc4ccc5cccc6ccc3c4c56)cc21. The van der Waals surface area contributed by atoms with E-state index in [2.05, 4.69) is 135 Å². The largest absolute Gasteiger partial charge is 0.256 e. The molecule has 1 nitrogen and oxygen atoms in total. The third-order valence-electron chi connectivity index (χ3n) is 9.46.